The van der Waals surface area contributed by atoms with E-state index >= 15 is 0 Å². The van der Waals surface area contributed by atoms with Gasteiger partial charge in [0.05, 0.1) is 12.1 Å². The number of ether oxygens (including phenoxy) is 1. The molecule has 0 spiro atoms. The summed E-state index contributed by atoms with van der Waals surface area (Å²) in [5.74, 6) is 0.208. The van der Waals surface area contributed by atoms with E-state index in [0.717, 1.165) is 31.2 Å². The second-order valence-electron chi connectivity index (χ2n) is 5.42. The highest BCUT2D eigenvalue weighted by molar-refractivity contribution is 6.31. The Morgan fingerprint density at radius 2 is 2.00 bits per heavy atom. The average molecular weight is 286 g/mol. The van der Waals surface area contributed by atoms with Crippen LogP contribution in [0.25, 0.3) is 0 Å². The molecular formula is C15H21ClFNO. The van der Waals surface area contributed by atoms with Crippen molar-refractivity contribution in [1.29, 1.82) is 0 Å². The van der Waals surface area contributed by atoms with E-state index in [1.54, 1.807) is 20.1 Å². The maximum absolute atomic E-state index is 13.9. The van der Waals surface area contributed by atoms with Gasteiger partial charge < -0.3 is 10.5 Å². The summed E-state index contributed by atoms with van der Waals surface area (Å²) in [5, 5.41) is 0.159. The highest BCUT2D eigenvalue weighted by Crippen LogP contribution is 2.45. The average Bonchev–Trinajstić information content (AvgIpc) is 2.45. The summed E-state index contributed by atoms with van der Waals surface area (Å²) in [6.07, 6.45) is 5.56. The van der Waals surface area contributed by atoms with Crippen molar-refractivity contribution in [1.82, 2.24) is 0 Å². The Hall–Kier alpha value is -0.800. The summed E-state index contributed by atoms with van der Waals surface area (Å²) in [6, 6.07) is 1.71. The van der Waals surface area contributed by atoms with Crippen LogP contribution in [0.2, 0.25) is 5.02 Å². The summed E-state index contributed by atoms with van der Waals surface area (Å²) in [6.45, 7) is 2.25. The van der Waals surface area contributed by atoms with Gasteiger partial charge in [0.1, 0.15) is 11.6 Å². The Kier molecular flexibility index (Phi) is 4.36. The summed E-state index contributed by atoms with van der Waals surface area (Å²) >= 11 is 6.01. The van der Waals surface area contributed by atoms with E-state index in [0.29, 0.717) is 17.9 Å². The molecule has 0 unspecified atom stereocenters. The van der Waals surface area contributed by atoms with Crippen LogP contribution in [-0.4, -0.2) is 13.7 Å². The SMILES string of the molecule is COc1c(C2(CN)CCCCC2)cc(Cl)c(F)c1C. The molecule has 0 amide bonds. The summed E-state index contributed by atoms with van der Waals surface area (Å²) in [7, 11) is 1.58. The zero-order valence-corrected chi connectivity index (χ0v) is 12.3. The standard InChI is InChI=1S/C15H21ClFNO/c1-10-13(17)12(16)8-11(14(10)19-2)15(9-18)6-4-3-5-7-15/h8H,3-7,9,18H2,1-2H3. The molecule has 1 aromatic rings. The van der Waals surface area contributed by atoms with Gasteiger partial charge in [0, 0.05) is 23.1 Å². The van der Waals surface area contributed by atoms with Gasteiger partial charge in [0.25, 0.3) is 0 Å². The molecule has 2 N–H and O–H groups in total. The van der Waals surface area contributed by atoms with E-state index in [-0.39, 0.29) is 10.4 Å². The lowest BCUT2D eigenvalue weighted by Gasteiger charge is -2.38. The monoisotopic (exact) mass is 285 g/mol. The summed E-state index contributed by atoms with van der Waals surface area (Å²) in [4.78, 5) is 0. The largest absolute Gasteiger partial charge is 0.496 e. The molecule has 1 fully saturated rings. The van der Waals surface area contributed by atoms with Gasteiger partial charge >= 0.3 is 0 Å². The Morgan fingerprint density at radius 1 is 1.37 bits per heavy atom. The van der Waals surface area contributed by atoms with Gasteiger partial charge in [-0.25, -0.2) is 4.39 Å². The molecular weight excluding hydrogens is 265 g/mol. The maximum Gasteiger partial charge on any atom is 0.148 e. The Bertz CT molecular complexity index is 470. The van der Waals surface area contributed by atoms with Gasteiger partial charge in [-0.2, -0.15) is 0 Å². The van der Waals surface area contributed by atoms with Crippen molar-refractivity contribution in [2.45, 2.75) is 44.4 Å². The van der Waals surface area contributed by atoms with Crippen LogP contribution in [0.5, 0.6) is 5.75 Å². The highest BCUT2D eigenvalue weighted by atomic mass is 35.5. The minimum atomic E-state index is -0.398. The lowest BCUT2D eigenvalue weighted by Crippen LogP contribution is -2.37. The minimum Gasteiger partial charge on any atom is -0.496 e. The first kappa shape index (κ1) is 14.6. The topological polar surface area (TPSA) is 35.2 Å². The molecule has 0 bridgehead atoms. The van der Waals surface area contributed by atoms with Crippen LogP contribution in [0.15, 0.2) is 6.07 Å². The Morgan fingerprint density at radius 3 is 2.53 bits per heavy atom. The quantitative estimate of drug-likeness (QED) is 0.912. The van der Waals surface area contributed by atoms with Gasteiger partial charge in [0.2, 0.25) is 0 Å². The Labute approximate surface area is 119 Å². The molecule has 19 heavy (non-hydrogen) atoms. The molecule has 4 heteroatoms. The van der Waals surface area contributed by atoms with E-state index in [1.165, 1.54) is 6.42 Å². The lowest BCUT2D eigenvalue weighted by atomic mass is 9.69. The first-order valence-corrected chi connectivity index (χ1v) is 7.16. The van der Waals surface area contributed by atoms with Gasteiger partial charge in [-0.05, 0) is 25.8 Å². The molecule has 2 nitrogen and oxygen atoms in total. The molecule has 1 aliphatic carbocycles. The second kappa shape index (κ2) is 5.68. The molecule has 1 saturated carbocycles. The molecule has 106 valence electrons. The molecule has 0 heterocycles. The van der Waals surface area contributed by atoms with Crippen molar-refractivity contribution in [3.63, 3.8) is 0 Å². The number of rotatable bonds is 3. The predicted molar refractivity (Wildman–Crippen MR) is 76.5 cm³/mol. The fraction of sp³-hybridized carbons (Fsp3) is 0.600. The van der Waals surface area contributed by atoms with Crippen LogP contribution >= 0.6 is 11.6 Å². The number of methoxy groups -OCH3 is 1. The van der Waals surface area contributed by atoms with Crippen molar-refractivity contribution >= 4 is 11.6 Å². The zero-order valence-electron chi connectivity index (χ0n) is 11.6. The van der Waals surface area contributed by atoms with Gasteiger partial charge in [-0.3, -0.25) is 0 Å². The van der Waals surface area contributed by atoms with Crippen LogP contribution in [0.1, 0.15) is 43.2 Å². The normalized spacial score (nSPS) is 18.4. The lowest BCUT2D eigenvalue weighted by molar-refractivity contribution is 0.286. The molecule has 0 aliphatic heterocycles. The number of benzene rings is 1. The van der Waals surface area contributed by atoms with Crippen molar-refractivity contribution < 1.29 is 9.13 Å². The maximum atomic E-state index is 13.9. The molecule has 0 aromatic heterocycles. The molecule has 0 radical (unpaired) electrons. The predicted octanol–water partition coefficient (Wildman–Crippen LogP) is 3.96. The van der Waals surface area contributed by atoms with E-state index in [1.807, 2.05) is 0 Å². The molecule has 1 aliphatic rings. The summed E-state index contributed by atoms with van der Waals surface area (Å²) < 4.78 is 19.3. The first-order chi connectivity index (χ1) is 9.05. The molecule has 0 saturated heterocycles. The van der Waals surface area contributed by atoms with Crippen LogP contribution in [0.3, 0.4) is 0 Å². The Balaban J connectivity index is 2.59. The minimum absolute atomic E-state index is 0.119. The number of nitrogens with two attached hydrogens (primary N) is 1. The third-order valence-corrected chi connectivity index (χ3v) is 4.65. The van der Waals surface area contributed by atoms with Crippen LogP contribution in [0.4, 0.5) is 4.39 Å². The third-order valence-electron chi connectivity index (χ3n) is 4.37. The summed E-state index contributed by atoms with van der Waals surface area (Å²) in [5.41, 5.74) is 7.37. The van der Waals surface area contributed by atoms with Crippen molar-refractivity contribution in [3.05, 3.63) is 28.0 Å². The van der Waals surface area contributed by atoms with Gasteiger partial charge in [-0.15, -0.1) is 0 Å². The number of halogens is 2. The van der Waals surface area contributed by atoms with Crippen molar-refractivity contribution in [2.75, 3.05) is 13.7 Å². The third kappa shape index (κ3) is 2.46. The van der Waals surface area contributed by atoms with Crippen LogP contribution < -0.4 is 10.5 Å². The number of hydrogen-bond acceptors (Lipinski definition) is 2. The van der Waals surface area contributed by atoms with Crippen LogP contribution in [0, 0.1) is 12.7 Å². The van der Waals surface area contributed by atoms with Gasteiger partial charge in [-0.1, -0.05) is 30.9 Å². The number of hydrogen-bond donors (Lipinski definition) is 1. The second-order valence-corrected chi connectivity index (χ2v) is 5.83. The molecule has 1 aromatic carbocycles. The van der Waals surface area contributed by atoms with Crippen molar-refractivity contribution in [3.8, 4) is 5.75 Å². The van der Waals surface area contributed by atoms with E-state index in [2.05, 4.69) is 0 Å². The molecule has 2 rings (SSSR count). The first-order valence-electron chi connectivity index (χ1n) is 6.79. The highest BCUT2D eigenvalue weighted by Gasteiger charge is 2.36. The van der Waals surface area contributed by atoms with Crippen LogP contribution in [-0.2, 0) is 5.41 Å². The van der Waals surface area contributed by atoms with E-state index in [4.69, 9.17) is 22.1 Å². The van der Waals surface area contributed by atoms with E-state index < -0.39 is 5.82 Å². The zero-order chi connectivity index (χ0) is 14.0. The fourth-order valence-electron chi connectivity index (χ4n) is 3.21. The van der Waals surface area contributed by atoms with Crippen molar-refractivity contribution in [2.24, 2.45) is 5.73 Å². The van der Waals surface area contributed by atoms with Gasteiger partial charge in [0.15, 0.2) is 0 Å². The fourth-order valence-corrected chi connectivity index (χ4v) is 3.46. The molecule has 0 atom stereocenters. The smallest absolute Gasteiger partial charge is 0.148 e. The van der Waals surface area contributed by atoms with E-state index in [9.17, 15) is 4.39 Å².